The van der Waals surface area contributed by atoms with Crippen molar-refractivity contribution in [3.63, 3.8) is 0 Å². The summed E-state index contributed by atoms with van der Waals surface area (Å²) in [6, 6.07) is 15.2. The molecule has 3 aromatic rings. The zero-order valence-corrected chi connectivity index (χ0v) is 14.5. The summed E-state index contributed by atoms with van der Waals surface area (Å²) in [5, 5.41) is 14.6. The van der Waals surface area contributed by atoms with Crippen LogP contribution in [0.4, 0.5) is 10.5 Å². The van der Waals surface area contributed by atoms with Crippen LogP contribution in [0.25, 0.3) is 11.0 Å². The Kier molecular flexibility index (Phi) is 4.88. The average Bonchev–Trinajstić information content (AvgIpc) is 3.09. The molecule has 0 bridgehead atoms. The van der Waals surface area contributed by atoms with Gasteiger partial charge in [-0.2, -0.15) is 0 Å². The van der Waals surface area contributed by atoms with Gasteiger partial charge in [-0.15, -0.1) is 0 Å². The second-order valence-electron chi connectivity index (χ2n) is 6.06. The zero-order chi connectivity index (χ0) is 18.7. The normalized spacial score (nSPS) is 11.9. The molecule has 3 rings (SSSR count). The molecular formula is C19H19N3O4. The van der Waals surface area contributed by atoms with Crippen molar-refractivity contribution in [1.82, 2.24) is 10.2 Å². The Morgan fingerprint density at radius 2 is 2.00 bits per heavy atom. The number of furan rings is 1. The minimum atomic E-state index is -0.457. The van der Waals surface area contributed by atoms with Crippen LogP contribution in [0.3, 0.4) is 0 Å². The first kappa shape index (κ1) is 17.5. The van der Waals surface area contributed by atoms with Gasteiger partial charge in [-0.3, -0.25) is 10.1 Å². The molecule has 0 saturated heterocycles. The standard InChI is InChI=1S/C19H19N3O4/c1-13(18-11-15-7-3-4-9-17(15)26-18)21(2)19(23)20-12-14-6-5-8-16(10-14)22(24)25/h3-11,13H,12H2,1-2H3,(H,20,23). The van der Waals surface area contributed by atoms with E-state index in [0.717, 1.165) is 11.0 Å². The molecule has 1 heterocycles. The van der Waals surface area contributed by atoms with Crippen LogP contribution in [0.2, 0.25) is 0 Å². The summed E-state index contributed by atoms with van der Waals surface area (Å²) >= 11 is 0. The molecule has 7 heteroatoms. The Bertz CT molecular complexity index is 918. The Hall–Kier alpha value is -3.35. The van der Waals surface area contributed by atoms with Crippen molar-refractivity contribution < 1.29 is 14.1 Å². The van der Waals surface area contributed by atoms with Crippen LogP contribution in [0.15, 0.2) is 59.0 Å². The molecule has 0 aliphatic heterocycles. The van der Waals surface area contributed by atoms with Gasteiger partial charge in [-0.1, -0.05) is 30.3 Å². The van der Waals surface area contributed by atoms with Gasteiger partial charge in [0.2, 0.25) is 0 Å². The van der Waals surface area contributed by atoms with Gasteiger partial charge in [0.05, 0.1) is 11.0 Å². The summed E-state index contributed by atoms with van der Waals surface area (Å²) < 4.78 is 5.81. The highest BCUT2D eigenvalue weighted by atomic mass is 16.6. The van der Waals surface area contributed by atoms with Gasteiger partial charge in [0.15, 0.2) is 0 Å². The lowest BCUT2D eigenvalue weighted by Gasteiger charge is -2.23. The summed E-state index contributed by atoms with van der Waals surface area (Å²) in [4.78, 5) is 24.3. The lowest BCUT2D eigenvalue weighted by Crippen LogP contribution is -2.38. The third-order valence-corrected chi connectivity index (χ3v) is 4.32. The largest absolute Gasteiger partial charge is 0.459 e. The van der Waals surface area contributed by atoms with Crippen molar-refractivity contribution in [2.24, 2.45) is 0 Å². The van der Waals surface area contributed by atoms with Crippen molar-refractivity contribution in [3.8, 4) is 0 Å². The first-order chi connectivity index (χ1) is 12.5. The number of nitrogens with zero attached hydrogens (tertiary/aromatic N) is 2. The molecule has 1 unspecified atom stereocenters. The number of nitro benzene ring substituents is 1. The molecule has 2 aromatic carbocycles. The molecule has 0 fully saturated rings. The number of amides is 2. The Labute approximate surface area is 150 Å². The van der Waals surface area contributed by atoms with E-state index in [9.17, 15) is 14.9 Å². The minimum absolute atomic E-state index is 0.000692. The predicted octanol–water partition coefficient (Wildman–Crippen LogP) is 4.24. The first-order valence-corrected chi connectivity index (χ1v) is 8.18. The summed E-state index contributed by atoms with van der Waals surface area (Å²) in [6.45, 7) is 2.09. The third kappa shape index (κ3) is 3.66. The van der Waals surface area contributed by atoms with Crippen LogP contribution in [0, 0.1) is 10.1 Å². The van der Waals surface area contributed by atoms with Gasteiger partial charge in [-0.05, 0) is 24.6 Å². The van der Waals surface area contributed by atoms with Crippen molar-refractivity contribution >= 4 is 22.7 Å². The molecule has 0 aliphatic carbocycles. The molecule has 7 nitrogen and oxygen atoms in total. The average molecular weight is 353 g/mol. The molecule has 26 heavy (non-hydrogen) atoms. The van der Waals surface area contributed by atoms with Gasteiger partial charge in [0.1, 0.15) is 11.3 Å². The monoisotopic (exact) mass is 353 g/mol. The van der Waals surface area contributed by atoms with E-state index < -0.39 is 4.92 Å². The van der Waals surface area contributed by atoms with Crippen molar-refractivity contribution in [2.75, 3.05) is 7.05 Å². The van der Waals surface area contributed by atoms with Crippen LogP contribution >= 0.6 is 0 Å². The van der Waals surface area contributed by atoms with Gasteiger partial charge in [-0.25, -0.2) is 4.79 Å². The fourth-order valence-corrected chi connectivity index (χ4v) is 2.66. The number of nitro groups is 1. The maximum Gasteiger partial charge on any atom is 0.318 e. The van der Waals surface area contributed by atoms with Gasteiger partial charge in [0, 0.05) is 31.1 Å². The number of urea groups is 1. The summed E-state index contributed by atoms with van der Waals surface area (Å²) in [5.41, 5.74) is 1.44. The van der Waals surface area contributed by atoms with E-state index in [2.05, 4.69) is 5.32 Å². The molecule has 134 valence electrons. The first-order valence-electron chi connectivity index (χ1n) is 8.18. The van der Waals surface area contributed by atoms with E-state index in [1.165, 1.54) is 17.0 Å². The molecule has 0 radical (unpaired) electrons. The van der Waals surface area contributed by atoms with E-state index in [1.54, 1.807) is 19.2 Å². The molecule has 1 N–H and O–H groups in total. The van der Waals surface area contributed by atoms with E-state index in [0.29, 0.717) is 11.3 Å². The van der Waals surface area contributed by atoms with Gasteiger partial charge < -0.3 is 14.6 Å². The molecule has 1 atom stereocenters. The van der Waals surface area contributed by atoms with Crippen LogP contribution in [0.1, 0.15) is 24.3 Å². The molecule has 0 spiro atoms. The van der Waals surface area contributed by atoms with Crippen LogP contribution in [0.5, 0.6) is 0 Å². The fourth-order valence-electron chi connectivity index (χ4n) is 2.66. The Balaban J connectivity index is 1.65. The number of benzene rings is 2. The quantitative estimate of drug-likeness (QED) is 0.549. The number of non-ortho nitro benzene ring substituents is 1. The highest BCUT2D eigenvalue weighted by Gasteiger charge is 2.20. The van der Waals surface area contributed by atoms with Crippen LogP contribution < -0.4 is 5.32 Å². The highest BCUT2D eigenvalue weighted by Crippen LogP contribution is 2.26. The number of para-hydroxylation sites is 1. The number of carbonyl (C=O) groups is 1. The number of nitrogens with one attached hydrogen (secondary N) is 1. The highest BCUT2D eigenvalue weighted by molar-refractivity contribution is 5.78. The minimum Gasteiger partial charge on any atom is -0.459 e. The number of fused-ring (bicyclic) bond motifs is 1. The SMILES string of the molecule is CC(c1cc2ccccc2o1)N(C)C(=O)NCc1cccc([N+](=O)[O-])c1. The molecule has 0 aliphatic rings. The second kappa shape index (κ2) is 7.26. The molecular weight excluding hydrogens is 334 g/mol. The lowest BCUT2D eigenvalue weighted by atomic mass is 10.2. The van der Waals surface area contributed by atoms with Crippen molar-refractivity contribution in [2.45, 2.75) is 19.5 Å². The molecule has 2 amide bonds. The lowest BCUT2D eigenvalue weighted by molar-refractivity contribution is -0.384. The van der Waals surface area contributed by atoms with Crippen LogP contribution in [-0.2, 0) is 6.54 Å². The smallest absolute Gasteiger partial charge is 0.318 e. The van der Waals surface area contributed by atoms with E-state index in [4.69, 9.17) is 4.42 Å². The molecule has 1 aromatic heterocycles. The number of hydrogen-bond donors (Lipinski definition) is 1. The number of rotatable bonds is 5. The zero-order valence-electron chi connectivity index (χ0n) is 14.5. The summed E-state index contributed by atoms with van der Waals surface area (Å²) in [5.74, 6) is 0.694. The maximum absolute atomic E-state index is 12.4. The summed E-state index contributed by atoms with van der Waals surface area (Å²) in [7, 11) is 1.68. The second-order valence-corrected chi connectivity index (χ2v) is 6.06. The van der Waals surface area contributed by atoms with Crippen molar-refractivity contribution in [3.05, 3.63) is 76.0 Å². The van der Waals surface area contributed by atoms with E-state index >= 15 is 0 Å². The number of carbonyl (C=O) groups excluding carboxylic acids is 1. The van der Waals surface area contributed by atoms with Crippen molar-refractivity contribution in [1.29, 1.82) is 0 Å². The Morgan fingerprint density at radius 3 is 2.73 bits per heavy atom. The van der Waals surface area contributed by atoms with E-state index in [1.807, 2.05) is 37.3 Å². The van der Waals surface area contributed by atoms with E-state index in [-0.39, 0.29) is 24.3 Å². The third-order valence-electron chi connectivity index (χ3n) is 4.32. The maximum atomic E-state index is 12.4. The van der Waals surface area contributed by atoms with Crippen LogP contribution in [-0.4, -0.2) is 22.9 Å². The topological polar surface area (TPSA) is 88.6 Å². The Morgan fingerprint density at radius 1 is 1.23 bits per heavy atom. The van der Waals surface area contributed by atoms with Gasteiger partial charge >= 0.3 is 6.03 Å². The van der Waals surface area contributed by atoms with Gasteiger partial charge in [0.25, 0.3) is 5.69 Å². The fraction of sp³-hybridized carbons (Fsp3) is 0.211. The molecule has 0 saturated carbocycles. The summed E-state index contributed by atoms with van der Waals surface area (Å²) in [6.07, 6.45) is 0. The number of hydrogen-bond acceptors (Lipinski definition) is 4. The predicted molar refractivity (Wildman–Crippen MR) is 97.7 cm³/mol.